The first kappa shape index (κ1) is 18.1. The summed E-state index contributed by atoms with van der Waals surface area (Å²) in [6.45, 7) is 1.52. The van der Waals surface area contributed by atoms with Gasteiger partial charge in [0, 0.05) is 45.0 Å². The number of aliphatic hydroxyl groups is 1. The molecule has 1 aliphatic heterocycles. The average Bonchev–Trinajstić information content (AvgIpc) is 3.12. The predicted molar refractivity (Wildman–Crippen MR) is 96.2 cm³/mol. The predicted octanol–water partition coefficient (Wildman–Crippen LogP) is 0.548. The molecule has 1 N–H and O–H groups in total. The number of hydrogen-bond acceptors (Lipinski definition) is 4. The van der Waals surface area contributed by atoms with Crippen LogP contribution in [0.4, 0.5) is 0 Å². The lowest BCUT2D eigenvalue weighted by molar-refractivity contribution is -0.138. The van der Waals surface area contributed by atoms with Crippen LogP contribution in [0, 0.1) is 0 Å². The second-order valence-electron chi connectivity index (χ2n) is 6.55. The Kier molecular flexibility index (Phi) is 6.01. The molecule has 0 radical (unpaired) electrons. The van der Waals surface area contributed by atoms with Crippen LogP contribution >= 0.6 is 0 Å². The third-order valence-corrected chi connectivity index (χ3v) is 4.55. The SMILES string of the molecule is O=C1CN(C(=O)CCn2ccnc2)CC(O)CN1CCc1ccccc1. The molecular formula is C19H24N4O3. The van der Waals surface area contributed by atoms with Gasteiger partial charge in [-0.15, -0.1) is 0 Å². The number of amides is 2. The summed E-state index contributed by atoms with van der Waals surface area (Å²) < 4.78 is 1.82. The van der Waals surface area contributed by atoms with Crippen molar-refractivity contribution in [3.8, 4) is 0 Å². The van der Waals surface area contributed by atoms with E-state index in [1.807, 2.05) is 34.9 Å². The minimum absolute atomic E-state index is 0.0224. The summed E-state index contributed by atoms with van der Waals surface area (Å²) in [5, 5.41) is 10.2. The number of rotatable bonds is 6. The van der Waals surface area contributed by atoms with Gasteiger partial charge in [-0.3, -0.25) is 9.59 Å². The average molecular weight is 356 g/mol. The highest BCUT2D eigenvalue weighted by atomic mass is 16.3. The Morgan fingerprint density at radius 3 is 2.73 bits per heavy atom. The fraction of sp³-hybridized carbons (Fsp3) is 0.421. The summed E-state index contributed by atoms with van der Waals surface area (Å²) in [4.78, 5) is 32.0. The molecule has 26 heavy (non-hydrogen) atoms. The first-order valence-corrected chi connectivity index (χ1v) is 8.85. The van der Waals surface area contributed by atoms with Gasteiger partial charge < -0.3 is 19.5 Å². The topological polar surface area (TPSA) is 78.7 Å². The normalized spacial score (nSPS) is 18.0. The maximum absolute atomic E-state index is 12.5. The van der Waals surface area contributed by atoms with Crippen LogP contribution in [0.3, 0.4) is 0 Å². The molecule has 0 aliphatic carbocycles. The quantitative estimate of drug-likeness (QED) is 0.820. The Balaban J connectivity index is 1.54. The molecular weight excluding hydrogens is 332 g/mol. The standard InChI is InChI=1S/C19H24N4O3/c24-17-12-22(10-6-16-4-2-1-3-5-16)19(26)14-23(13-17)18(25)7-9-21-11-8-20-15-21/h1-5,8,11,15,17,24H,6-7,9-10,12-14H2. The Labute approximate surface area is 152 Å². The molecule has 0 saturated carbocycles. The molecule has 1 aliphatic rings. The van der Waals surface area contributed by atoms with E-state index < -0.39 is 6.10 Å². The molecule has 7 heteroatoms. The number of β-amino-alcohol motifs (C(OH)–C–C–N with tert-alkyl or cyclic N) is 1. The van der Waals surface area contributed by atoms with E-state index >= 15 is 0 Å². The van der Waals surface area contributed by atoms with Gasteiger partial charge in [0.2, 0.25) is 11.8 Å². The molecule has 2 amide bonds. The van der Waals surface area contributed by atoms with Gasteiger partial charge in [0.1, 0.15) is 0 Å². The largest absolute Gasteiger partial charge is 0.389 e. The Morgan fingerprint density at radius 2 is 2.00 bits per heavy atom. The van der Waals surface area contributed by atoms with E-state index in [1.165, 1.54) is 4.90 Å². The molecule has 1 aromatic carbocycles. The fourth-order valence-corrected chi connectivity index (χ4v) is 3.11. The molecule has 0 spiro atoms. The maximum atomic E-state index is 12.5. The van der Waals surface area contributed by atoms with Crippen LogP contribution < -0.4 is 0 Å². The van der Waals surface area contributed by atoms with Crippen molar-refractivity contribution in [2.75, 3.05) is 26.2 Å². The van der Waals surface area contributed by atoms with Crippen molar-refractivity contribution in [2.45, 2.75) is 25.5 Å². The molecule has 3 rings (SSSR count). The molecule has 2 aromatic rings. The molecule has 2 heterocycles. The molecule has 1 unspecified atom stereocenters. The van der Waals surface area contributed by atoms with Crippen molar-refractivity contribution in [1.29, 1.82) is 0 Å². The molecule has 1 fully saturated rings. The Bertz CT molecular complexity index is 718. The highest BCUT2D eigenvalue weighted by molar-refractivity contribution is 5.85. The highest BCUT2D eigenvalue weighted by Crippen LogP contribution is 2.10. The van der Waals surface area contributed by atoms with Gasteiger partial charge in [0.15, 0.2) is 0 Å². The van der Waals surface area contributed by atoms with Gasteiger partial charge in [-0.05, 0) is 12.0 Å². The minimum atomic E-state index is -0.727. The van der Waals surface area contributed by atoms with E-state index in [1.54, 1.807) is 23.6 Å². The highest BCUT2D eigenvalue weighted by Gasteiger charge is 2.28. The van der Waals surface area contributed by atoms with E-state index in [2.05, 4.69) is 4.98 Å². The van der Waals surface area contributed by atoms with Gasteiger partial charge in [-0.1, -0.05) is 30.3 Å². The zero-order chi connectivity index (χ0) is 18.4. The van der Waals surface area contributed by atoms with Crippen molar-refractivity contribution in [1.82, 2.24) is 19.4 Å². The molecule has 1 aromatic heterocycles. The van der Waals surface area contributed by atoms with Crippen LogP contribution in [0.1, 0.15) is 12.0 Å². The van der Waals surface area contributed by atoms with Gasteiger partial charge >= 0.3 is 0 Å². The number of carbonyl (C=O) groups is 2. The second-order valence-corrected chi connectivity index (χ2v) is 6.55. The second kappa shape index (κ2) is 8.62. The summed E-state index contributed by atoms with van der Waals surface area (Å²) in [6, 6.07) is 9.93. The van der Waals surface area contributed by atoms with Crippen LogP contribution in [-0.2, 0) is 22.6 Å². The van der Waals surface area contributed by atoms with Crippen LogP contribution in [0.5, 0.6) is 0 Å². The molecule has 0 bridgehead atoms. The number of aromatic nitrogens is 2. The fourth-order valence-electron chi connectivity index (χ4n) is 3.11. The van der Waals surface area contributed by atoms with Crippen molar-refractivity contribution in [3.05, 3.63) is 54.6 Å². The maximum Gasteiger partial charge on any atom is 0.242 e. The zero-order valence-electron chi connectivity index (χ0n) is 14.7. The van der Waals surface area contributed by atoms with E-state index in [0.717, 1.165) is 12.0 Å². The summed E-state index contributed by atoms with van der Waals surface area (Å²) >= 11 is 0. The van der Waals surface area contributed by atoms with E-state index in [0.29, 0.717) is 13.1 Å². The van der Waals surface area contributed by atoms with E-state index in [-0.39, 0.29) is 37.9 Å². The lowest BCUT2D eigenvalue weighted by Gasteiger charge is -2.22. The zero-order valence-corrected chi connectivity index (χ0v) is 14.7. The van der Waals surface area contributed by atoms with Crippen LogP contribution in [0.25, 0.3) is 0 Å². The molecule has 1 saturated heterocycles. The number of aryl methyl sites for hydroxylation is 1. The summed E-state index contributed by atoms with van der Waals surface area (Å²) in [5.74, 6) is -0.246. The smallest absolute Gasteiger partial charge is 0.242 e. The number of imidazole rings is 1. The Morgan fingerprint density at radius 1 is 1.19 bits per heavy atom. The molecule has 138 valence electrons. The number of nitrogens with zero attached hydrogens (tertiary/aromatic N) is 4. The van der Waals surface area contributed by atoms with Gasteiger partial charge in [0.05, 0.1) is 19.0 Å². The van der Waals surface area contributed by atoms with Crippen molar-refractivity contribution >= 4 is 11.8 Å². The Hall–Kier alpha value is -2.67. The van der Waals surface area contributed by atoms with Gasteiger partial charge in [0.25, 0.3) is 0 Å². The number of benzene rings is 1. The molecule has 1 atom stereocenters. The summed E-state index contributed by atoms with van der Waals surface area (Å²) in [7, 11) is 0. The minimum Gasteiger partial charge on any atom is -0.389 e. The number of hydrogen-bond donors (Lipinski definition) is 1. The third-order valence-electron chi connectivity index (χ3n) is 4.55. The summed E-state index contributed by atoms with van der Waals surface area (Å²) in [6.07, 6.45) is 5.39. The van der Waals surface area contributed by atoms with Crippen molar-refractivity contribution < 1.29 is 14.7 Å². The first-order valence-electron chi connectivity index (χ1n) is 8.85. The third kappa shape index (κ3) is 4.92. The van der Waals surface area contributed by atoms with Crippen molar-refractivity contribution in [2.24, 2.45) is 0 Å². The monoisotopic (exact) mass is 356 g/mol. The number of carbonyl (C=O) groups excluding carboxylic acids is 2. The van der Waals surface area contributed by atoms with Crippen LogP contribution in [0.2, 0.25) is 0 Å². The van der Waals surface area contributed by atoms with E-state index in [4.69, 9.17) is 0 Å². The lowest BCUT2D eigenvalue weighted by atomic mass is 10.1. The summed E-state index contributed by atoms with van der Waals surface area (Å²) in [5.41, 5.74) is 1.15. The van der Waals surface area contributed by atoms with E-state index in [9.17, 15) is 14.7 Å². The lowest BCUT2D eigenvalue weighted by Crippen LogP contribution is -2.40. The molecule has 7 nitrogen and oxygen atoms in total. The number of aliphatic hydroxyl groups excluding tert-OH is 1. The first-order chi connectivity index (χ1) is 12.6. The van der Waals surface area contributed by atoms with Crippen LogP contribution in [-0.4, -0.2) is 68.6 Å². The van der Waals surface area contributed by atoms with Crippen molar-refractivity contribution in [3.63, 3.8) is 0 Å². The van der Waals surface area contributed by atoms with Gasteiger partial charge in [-0.25, -0.2) is 4.98 Å². The van der Waals surface area contributed by atoms with Crippen LogP contribution in [0.15, 0.2) is 49.1 Å². The van der Waals surface area contributed by atoms with Gasteiger partial charge in [-0.2, -0.15) is 0 Å².